The van der Waals surface area contributed by atoms with E-state index in [0.717, 1.165) is 0 Å². The maximum atomic E-state index is 12.7. The summed E-state index contributed by atoms with van der Waals surface area (Å²) in [4.78, 5) is 48.6. The number of hydrogen-bond acceptors (Lipinski definition) is 5. The Balaban J connectivity index is 2.02. The van der Waals surface area contributed by atoms with Crippen molar-refractivity contribution < 1.29 is 23.9 Å². The molecule has 2 aromatic carbocycles. The zero-order valence-corrected chi connectivity index (χ0v) is 15.7. The second-order valence-corrected chi connectivity index (χ2v) is 6.00. The third-order valence-electron chi connectivity index (χ3n) is 3.88. The number of nitrogens with one attached hydrogen (secondary N) is 2. The van der Waals surface area contributed by atoms with Crippen LogP contribution in [0.2, 0.25) is 0 Å². The van der Waals surface area contributed by atoms with Crippen molar-refractivity contribution in [1.29, 1.82) is 0 Å². The van der Waals surface area contributed by atoms with Gasteiger partial charge in [0.25, 0.3) is 5.91 Å². The topological polar surface area (TPSA) is 102 Å². The third kappa shape index (κ3) is 5.51. The maximum Gasteiger partial charge on any atom is 0.339 e. The quantitative estimate of drug-likeness (QED) is 0.535. The number of ketones is 1. The summed E-state index contributed by atoms with van der Waals surface area (Å²) in [6.45, 7) is 3.18. The SMILES string of the molecule is CCNC(=O)[C@H](C)NC(=O)COC(=O)c1ccccc1C(=O)c1ccccc1. The van der Waals surface area contributed by atoms with Gasteiger partial charge in [-0.2, -0.15) is 0 Å². The second-order valence-electron chi connectivity index (χ2n) is 6.00. The number of esters is 1. The smallest absolute Gasteiger partial charge is 0.339 e. The van der Waals surface area contributed by atoms with Crippen molar-refractivity contribution in [2.24, 2.45) is 0 Å². The van der Waals surface area contributed by atoms with Crippen LogP contribution in [0.3, 0.4) is 0 Å². The fourth-order valence-corrected chi connectivity index (χ4v) is 2.49. The molecule has 2 amide bonds. The molecule has 0 spiro atoms. The Hall–Kier alpha value is -3.48. The number of hydrogen-bond donors (Lipinski definition) is 2. The summed E-state index contributed by atoms with van der Waals surface area (Å²) in [6, 6.07) is 14.1. The molecule has 2 rings (SSSR count). The van der Waals surface area contributed by atoms with E-state index < -0.39 is 24.5 Å². The van der Waals surface area contributed by atoms with Crippen LogP contribution in [0, 0.1) is 0 Å². The number of amides is 2. The summed E-state index contributed by atoms with van der Waals surface area (Å²) in [5.74, 6) is -2.05. The molecule has 28 heavy (non-hydrogen) atoms. The monoisotopic (exact) mass is 382 g/mol. The molecule has 0 aliphatic heterocycles. The van der Waals surface area contributed by atoms with Crippen LogP contribution in [0.4, 0.5) is 0 Å². The van der Waals surface area contributed by atoms with Gasteiger partial charge in [-0.1, -0.05) is 48.5 Å². The molecule has 7 nitrogen and oxygen atoms in total. The van der Waals surface area contributed by atoms with E-state index in [4.69, 9.17) is 4.74 Å². The molecular weight excluding hydrogens is 360 g/mol. The van der Waals surface area contributed by atoms with Crippen molar-refractivity contribution in [2.45, 2.75) is 19.9 Å². The Morgan fingerprint density at radius 2 is 1.54 bits per heavy atom. The summed E-state index contributed by atoms with van der Waals surface area (Å²) < 4.78 is 5.02. The molecule has 7 heteroatoms. The molecule has 0 radical (unpaired) electrons. The summed E-state index contributed by atoms with van der Waals surface area (Å²) in [6.07, 6.45) is 0. The van der Waals surface area contributed by atoms with Crippen LogP contribution >= 0.6 is 0 Å². The fourth-order valence-electron chi connectivity index (χ4n) is 2.49. The molecule has 1 atom stereocenters. The maximum absolute atomic E-state index is 12.7. The van der Waals surface area contributed by atoms with Crippen LogP contribution in [0.15, 0.2) is 54.6 Å². The number of carbonyl (C=O) groups is 4. The predicted molar refractivity (Wildman–Crippen MR) is 103 cm³/mol. The number of likely N-dealkylation sites (N-methyl/N-ethyl adjacent to an activating group) is 1. The molecular formula is C21H22N2O5. The van der Waals surface area contributed by atoms with Gasteiger partial charge in [-0.05, 0) is 19.9 Å². The van der Waals surface area contributed by atoms with Crippen LogP contribution < -0.4 is 10.6 Å². The fraction of sp³-hybridized carbons (Fsp3) is 0.238. The molecule has 2 aromatic rings. The first-order valence-corrected chi connectivity index (χ1v) is 8.87. The number of ether oxygens (including phenoxy) is 1. The van der Waals surface area contributed by atoms with Gasteiger partial charge in [0.15, 0.2) is 12.4 Å². The highest BCUT2D eigenvalue weighted by Gasteiger charge is 2.21. The Morgan fingerprint density at radius 1 is 0.929 bits per heavy atom. The third-order valence-corrected chi connectivity index (χ3v) is 3.88. The lowest BCUT2D eigenvalue weighted by atomic mass is 9.98. The molecule has 2 N–H and O–H groups in total. The van der Waals surface area contributed by atoms with Crippen LogP contribution in [0.25, 0.3) is 0 Å². The minimum absolute atomic E-state index is 0.0703. The van der Waals surface area contributed by atoms with Crippen molar-refractivity contribution in [2.75, 3.05) is 13.2 Å². The van der Waals surface area contributed by atoms with E-state index in [1.807, 2.05) is 0 Å². The summed E-state index contributed by atoms with van der Waals surface area (Å²) in [7, 11) is 0. The van der Waals surface area contributed by atoms with Crippen molar-refractivity contribution in [3.8, 4) is 0 Å². The van der Waals surface area contributed by atoms with Gasteiger partial charge in [-0.15, -0.1) is 0 Å². The summed E-state index contributed by atoms with van der Waals surface area (Å²) in [5, 5.41) is 5.02. The highest BCUT2D eigenvalue weighted by Crippen LogP contribution is 2.15. The molecule has 0 fully saturated rings. The van der Waals surface area contributed by atoms with E-state index >= 15 is 0 Å². The van der Waals surface area contributed by atoms with Gasteiger partial charge >= 0.3 is 5.97 Å². The van der Waals surface area contributed by atoms with E-state index in [1.165, 1.54) is 19.1 Å². The number of benzene rings is 2. The highest BCUT2D eigenvalue weighted by molar-refractivity contribution is 6.14. The Labute approximate surface area is 163 Å². The highest BCUT2D eigenvalue weighted by atomic mass is 16.5. The van der Waals surface area contributed by atoms with Crippen LogP contribution in [0.5, 0.6) is 0 Å². The standard InChI is InChI=1S/C21H22N2O5/c1-3-22-20(26)14(2)23-18(24)13-28-21(27)17-12-8-7-11-16(17)19(25)15-9-5-4-6-10-15/h4-12,14H,3,13H2,1-2H3,(H,22,26)(H,23,24)/t14-/m0/s1. The van der Waals surface area contributed by atoms with Crippen molar-refractivity contribution in [1.82, 2.24) is 10.6 Å². The zero-order chi connectivity index (χ0) is 20.5. The first-order valence-electron chi connectivity index (χ1n) is 8.87. The lowest BCUT2D eigenvalue weighted by Crippen LogP contribution is -2.46. The van der Waals surface area contributed by atoms with E-state index in [1.54, 1.807) is 49.4 Å². The van der Waals surface area contributed by atoms with E-state index in [0.29, 0.717) is 12.1 Å². The van der Waals surface area contributed by atoms with Crippen LogP contribution in [-0.4, -0.2) is 42.8 Å². The molecule has 146 valence electrons. The van der Waals surface area contributed by atoms with E-state index in [-0.39, 0.29) is 22.8 Å². The van der Waals surface area contributed by atoms with E-state index in [2.05, 4.69) is 10.6 Å². The molecule has 0 bridgehead atoms. The molecule has 0 saturated heterocycles. The van der Waals surface area contributed by atoms with Crippen molar-refractivity contribution in [3.63, 3.8) is 0 Å². The van der Waals surface area contributed by atoms with Crippen molar-refractivity contribution >= 4 is 23.6 Å². The molecule has 0 heterocycles. The largest absolute Gasteiger partial charge is 0.452 e. The van der Waals surface area contributed by atoms with E-state index in [9.17, 15) is 19.2 Å². The summed E-state index contributed by atoms with van der Waals surface area (Å²) in [5.41, 5.74) is 0.701. The zero-order valence-electron chi connectivity index (χ0n) is 15.7. The average molecular weight is 382 g/mol. The average Bonchev–Trinajstić information content (AvgIpc) is 2.72. The lowest BCUT2D eigenvalue weighted by Gasteiger charge is -2.13. The van der Waals surface area contributed by atoms with Gasteiger partial charge < -0.3 is 15.4 Å². The summed E-state index contributed by atoms with van der Waals surface area (Å²) >= 11 is 0. The molecule has 0 unspecified atom stereocenters. The van der Waals surface area contributed by atoms with Gasteiger partial charge in [-0.25, -0.2) is 4.79 Å². The first kappa shape index (κ1) is 20.8. The lowest BCUT2D eigenvalue weighted by molar-refractivity contribution is -0.130. The second kappa shape index (κ2) is 10.0. The van der Waals surface area contributed by atoms with Gasteiger partial charge in [0.05, 0.1) is 5.56 Å². The Morgan fingerprint density at radius 3 is 2.18 bits per heavy atom. The molecule has 0 aliphatic rings. The minimum Gasteiger partial charge on any atom is -0.452 e. The van der Waals surface area contributed by atoms with Gasteiger partial charge in [-0.3, -0.25) is 14.4 Å². The normalized spacial score (nSPS) is 11.2. The van der Waals surface area contributed by atoms with Gasteiger partial charge in [0.2, 0.25) is 5.91 Å². The Bertz CT molecular complexity index is 864. The minimum atomic E-state index is -0.791. The number of carbonyl (C=O) groups excluding carboxylic acids is 4. The van der Waals surface area contributed by atoms with Crippen LogP contribution in [0.1, 0.15) is 40.1 Å². The predicted octanol–water partition coefficient (Wildman–Crippen LogP) is 1.72. The first-order chi connectivity index (χ1) is 13.4. The molecule has 0 aliphatic carbocycles. The molecule has 0 saturated carbocycles. The van der Waals surface area contributed by atoms with Gasteiger partial charge in [0.1, 0.15) is 6.04 Å². The molecule has 0 aromatic heterocycles. The Kier molecular flexibility index (Phi) is 7.45. The van der Waals surface area contributed by atoms with Crippen molar-refractivity contribution in [3.05, 3.63) is 71.3 Å². The number of rotatable bonds is 8. The van der Waals surface area contributed by atoms with Gasteiger partial charge in [0, 0.05) is 17.7 Å². The van der Waals surface area contributed by atoms with Crippen LogP contribution in [-0.2, 0) is 14.3 Å².